The van der Waals surface area contributed by atoms with E-state index in [0.717, 1.165) is 29.0 Å². The lowest BCUT2D eigenvalue weighted by Gasteiger charge is -2.10. The summed E-state index contributed by atoms with van der Waals surface area (Å²) < 4.78 is 5.57. The number of nitrogens with zero attached hydrogens (tertiary/aromatic N) is 1. The van der Waals surface area contributed by atoms with Gasteiger partial charge in [-0.1, -0.05) is 0 Å². The summed E-state index contributed by atoms with van der Waals surface area (Å²) in [6.45, 7) is 4.50. The molecule has 0 radical (unpaired) electrons. The van der Waals surface area contributed by atoms with Gasteiger partial charge in [-0.25, -0.2) is 0 Å². The van der Waals surface area contributed by atoms with Crippen LogP contribution in [0.4, 0.5) is 5.69 Å². The van der Waals surface area contributed by atoms with Crippen molar-refractivity contribution in [2.24, 2.45) is 0 Å². The standard InChI is InChI=1S/C12H16N2O/c1-9-8-12(10(2)7-11(9)14)15-6-4-3-5-13/h7-8H,3-4,6,14H2,1-2H3. The molecule has 0 aliphatic rings. The molecule has 0 unspecified atom stereocenters. The Bertz CT molecular complexity index is 380. The van der Waals surface area contributed by atoms with E-state index in [1.807, 2.05) is 26.0 Å². The minimum absolute atomic E-state index is 0.535. The molecule has 0 fully saturated rings. The van der Waals surface area contributed by atoms with Crippen molar-refractivity contribution in [1.29, 1.82) is 5.26 Å². The number of unbranched alkanes of at least 4 members (excludes halogenated alkanes) is 1. The van der Waals surface area contributed by atoms with Gasteiger partial charge in [0.1, 0.15) is 5.75 Å². The van der Waals surface area contributed by atoms with E-state index in [2.05, 4.69) is 6.07 Å². The Morgan fingerprint density at radius 2 is 2.07 bits per heavy atom. The maximum absolute atomic E-state index is 8.38. The summed E-state index contributed by atoms with van der Waals surface area (Å²) in [7, 11) is 0. The molecule has 0 heterocycles. The van der Waals surface area contributed by atoms with Gasteiger partial charge < -0.3 is 10.5 Å². The number of aryl methyl sites for hydroxylation is 2. The highest BCUT2D eigenvalue weighted by atomic mass is 16.5. The van der Waals surface area contributed by atoms with E-state index in [1.54, 1.807) is 0 Å². The number of nitriles is 1. The molecule has 0 aliphatic carbocycles. The number of benzene rings is 1. The minimum atomic E-state index is 0.535. The third kappa shape index (κ3) is 3.17. The SMILES string of the molecule is Cc1cc(OCCCC#N)c(C)cc1N. The number of hydrogen-bond acceptors (Lipinski definition) is 3. The molecule has 0 aliphatic heterocycles. The quantitative estimate of drug-likeness (QED) is 0.605. The molecule has 3 heteroatoms. The fraction of sp³-hybridized carbons (Fsp3) is 0.417. The van der Waals surface area contributed by atoms with Gasteiger partial charge in [-0.3, -0.25) is 0 Å². The molecule has 0 saturated heterocycles. The van der Waals surface area contributed by atoms with Gasteiger partial charge in [0.25, 0.3) is 0 Å². The van der Waals surface area contributed by atoms with E-state index < -0.39 is 0 Å². The Labute approximate surface area is 90.5 Å². The zero-order valence-electron chi connectivity index (χ0n) is 9.21. The van der Waals surface area contributed by atoms with Crippen molar-refractivity contribution in [2.75, 3.05) is 12.3 Å². The molecule has 0 atom stereocenters. The molecule has 1 rings (SSSR count). The first-order chi connectivity index (χ1) is 7.15. The van der Waals surface area contributed by atoms with E-state index in [4.69, 9.17) is 15.7 Å². The van der Waals surface area contributed by atoms with Crippen molar-refractivity contribution in [3.8, 4) is 11.8 Å². The number of nitrogen functional groups attached to an aromatic ring is 1. The van der Waals surface area contributed by atoms with Gasteiger partial charge in [-0.05, 0) is 43.5 Å². The van der Waals surface area contributed by atoms with E-state index in [0.29, 0.717) is 13.0 Å². The van der Waals surface area contributed by atoms with Crippen LogP contribution in [0.1, 0.15) is 24.0 Å². The second-order valence-corrected chi connectivity index (χ2v) is 3.58. The van der Waals surface area contributed by atoms with Gasteiger partial charge >= 0.3 is 0 Å². The van der Waals surface area contributed by atoms with Crippen LogP contribution in [0.15, 0.2) is 12.1 Å². The van der Waals surface area contributed by atoms with Crippen LogP contribution < -0.4 is 10.5 Å². The second-order valence-electron chi connectivity index (χ2n) is 3.58. The average molecular weight is 204 g/mol. The van der Waals surface area contributed by atoms with Gasteiger partial charge in [0, 0.05) is 12.1 Å². The van der Waals surface area contributed by atoms with Crippen LogP contribution in [-0.4, -0.2) is 6.61 Å². The van der Waals surface area contributed by atoms with Crippen LogP contribution in [0.2, 0.25) is 0 Å². The summed E-state index contributed by atoms with van der Waals surface area (Å²) in [5.74, 6) is 0.861. The lowest BCUT2D eigenvalue weighted by molar-refractivity contribution is 0.310. The van der Waals surface area contributed by atoms with Gasteiger partial charge in [-0.15, -0.1) is 0 Å². The van der Waals surface area contributed by atoms with Crippen LogP contribution in [0.3, 0.4) is 0 Å². The maximum atomic E-state index is 8.38. The molecule has 0 spiro atoms. The van der Waals surface area contributed by atoms with Crippen LogP contribution in [0.5, 0.6) is 5.75 Å². The molecular formula is C12H16N2O. The van der Waals surface area contributed by atoms with Crippen molar-refractivity contribution >= 4 is 5.69 Å². The van der Waals surface area contributed by atoms with Gasteiger partial charge in [0.05, 0.1) is 12.7 Å². The molecule has 15 heavy (non-hydrogen) atoms. The topological polar surface area (TPSA) is 59.0 Å². The fourth-order valence-electron chi connectivity index (χ4n) is 1.30. The Morgan fingerprint density at radius 1 is 1.33 bits per heavy atom. The van der Waals surface area contributed by atoms with Crippen molar-refractivity contribution < 1.29 is 4.74 Å². The minimum Gasteiger partial charge on any atom is -0.493 e. The van der Waals surface area contributed by atoms with Crippen molar-refractivity contribution in [2.45, 2.75) is 26.7 Å². The normalized spacial score (nSPS) is 9.67. The Balaban J connectivity index is 2.62. The number of hydrogen-bond donors (Lipinski definition) is 1. The molecule has 2 N–H and O–H groups in total. The van der Waals surface area contributed by atoms with Gasteiger partial charge in [0.15, 0.2) is 0 Å². The predicted octanol–water partition coefficient (Wildman–Crippen LogP) is 2.57. The number of rotatable bonds is 4. The van der Waals surface area contributed by atoms with Crippen molar-refractivity contribution in [3.05, 3.63) is 23.3 Å². The Kier molecular flexibility index (Phi) is 3.99. The lowest BCUT2D eigenvalue weighted by Crippen LogP contribution is -2.00. The predicted molar refractivity (Wildman–Crippen MR) is 60.7 cm³/mol. The van der Waals surface area contributed by atoms with Crippen molar-refractivity contribution in [1.82, 2.24) is 0 Å². The smallest absolute Gasteiger partial charge is 0.122 e. The molecule has 1 aromatic rings. The van der Waals surface area contributed by atoms with Gasteiger partial charge in [0.2, 0.25) is 0 Å². The van der Waals surface area contributed by atoms with Gasteiger partial charge in [-0.2, -0.15) is 5.26 Å². The average Bonchev–Trinajstić information content (AvgIpc) is 2.20. The monoisotopic (exact) mass is 204 g/mol. The molecule has 0 saturated carbocycles. The molecular weight excluding hydrogens is 188 g/mol. The van der Waals surface area contributed by atoms with Crippen LogP contribution in [-0.2, 0) is 0 Å². The summed E-state index contributed by atoms with van der Waals surface area (Å²) in [5, 5.41) is 8.38. The highest BCUT2D eigenvalue weighted by molar-refractivity contribution is 5.53. The number of ether oxygens (including phenoxy) is 1. The summed E-state index contributed by atoms with van der Waals surface area (Å²) in [6, 6.07) is 5.94. The first-order valence-corrected chi connectivity index (χ1v) is 5.01. The molecule has 80 valence electrons. The highest BCUT2D eigenvalue weighted by Gasteiger charge is 2.02. The third-order valence-corrected chi connectivity index (χ3v) is 2.25. The molecule has 1 aromatic carbocycles. The summed E-state index contributed by atoms with van der Waals surface area (Å²) in [4.78, 5) is 0. The lowest BCUT2D eigenvalue weighted by atomic mass is 10.1. The summed E-state index contributed by atoms with van der Waals surface area (Å²) >= 11 is 0. The highest BCUT2D eigenvalue weighted by Crippen LogP contribution is 2.24. The zero-order chi connectivity index (χ0) is 11.3. The van der Waals surface area contributed by atoms with Crippen LogP contribution in [0.25, 0.3) is 0 Å². The van der Waals surface area contributed by atoms with E-state index >= 15 is 0 Å². The molecule has 3 nitrogen and oxygen atoms in total. The maximum Gasteiger partial charge on any atom is 0.122 e. The van der Waals surface area contributed by atoms with E-state index in [9.17, 15) is 0 Å². The van der Waals surface area contributed by atoms with E-state index in [-0.39, 0.29) is 0 Å². The number of nitrogens with two attached hydrogens (primary N) is 1. The summed E-state index contributed by atoms with van der Waals surface area (Å²) in [6.07, 6.45) is 1.30. The van der Waals surface area contributed by atoms with Crippen LogP contribution >= 0.6 is 0 Å². The summed E-state index contributed by atoms with van der Waals surface area (Å²) in [5.41, 5.74) is 8.62. The Hall–Kier alpha value is -1.69. The molecule has 0 bridgehead atoms. The molecule has 0 aromatic heterocycles. The second kappa shape index (κ2) is 5.26. The first kappa shape index (κ1) is 11.4. The zero-order valence-corrected chi connectivity index (χ0v) is 9.21. The fourth-order valence-corrected chi connectivity index (χ4v) is 1.30. The number of anilines is 1. The van der Waals surface area contributed by atoms with Crippen LogP contribution in [0, 0.1) is 25.2 Å². The Morgan fingerprint density at radius 3 is 2.73 bits per heavy atom. The first-order valence-electron chi connectivity index (χ1n) is 5.01. The van der Waals surface area contributed by atoms with Crippen molar-refractivity contribution in [3.63, 3.8) is 0 Å². The largest absolute Gasteiger partial charge is 0.493 e. The molecule has 0 amide bonds. The van der Waals surface area contributed by atoms with E-state index in [1.165, 1.54) is 0 Å². The third-order valence-electron chi connectivity index (χ3n) is 2.25.